The molecule has 1 aromatic carbocycles. The largest absolute Gasteiger partial charge is 0.381 e. The Morgan fingerprint density at radius 3 is 2.93 bits per heavy atom. The zero-order valence-electron chi connectivity index (χ0n) is 15.5. The van der Waals surface area contributed by atoms with Crippen LogP contribution in [0.4, 0.5) is 11.6 Å². The fraction of sp³-hybridized carbons (Fsp3) is 0.400. The lowest BCUT2D eigenvalue weighted by atomic mass is 9.96. The molecule has 3 heterocycles. The van der Waals surface area contributed by atoms with E-state index in [-0.39, 0.29) is 12.5 Å². The summed E-state index contributed by atoms with van der Waals surface area (Å²) in [7, 11) is 0. The standard InChI is InChI=1S/C20H22N5O3/c21-18(27)15-3-1-2-14(10-15)16-11-22-19-20(24-16)25(17(26)12-23-19)7-4-13-5-8-28-9-6-13/h1-3,10-11,13,21H,4-9,12H2,(H,22,23). The van der Waals surface area contributed by atoms with Crippen molar-refractivity contribution in [3.63, 3.8) is 0 Å². The molecule has 8 heteroatoms. The van der Waals surface area contributed by atoms with Gasteiger partial charge in [-0.1, -0.05) is 12.1 Å². The average molecular weight is 380 g/mol. The molecule has 2 aromatic rings. The van der Waals surface area contributed by atoms with Crippen LogP contribution in [-0.2, 0) is 9.53 Å². The second-order valence-electron chi connectivity index (χ2n) is 7.08. The second kappa shape index (κ2) is 7.93. The molecule has 145 valence electrons. The summed E-state index contributed by atoms with van der Waals surface area (Å²) in [5, 5.41) is 3.02. The highest BCUT2D eigenvalue weighted by molar-refractivity contribution is 6.01. The van der Waals surface area contributed by atoms with E-state index in [1.165, 1.54) is 0 Å². The Labute approximate surface area is 163 Å². The highest BCUT2D eigenvalue weighted by Crippen LogP contribution is 2.30. The van der Waals surface area contributed by atoms with Gasteiger partial charge in [-0.2, -0.15) is 0 Å². The third-order valence-corrected chi connectivity index (χ3v) is 5.24. The summed E-state index contributed by atoms with van der Waals surface area (Å²) in [4.78, 5) is 34.7. The zero-order chi connectivity index (χ0) is 19.5. The number of nitrogens with one attached hydrogen (secondary N) is 2. The molecule has 0 spiro atoms. The topological polar surface area (TPSA) is 108 Å². The molecule has 1 aromatic heterocycles. The van der Waals surface area contributed by atoms with Crippen molar-refractivity contribution in [3.8, 4) is 11.3 Å². The Morgan fingerprint density at radius 1 is 1.32 bits per heavy atom. The maximum absolute atomic E-state index is 12.5. The molecule has 1 fully saturated rings. The highest BCUT2D eigenvalue weighted by atomic mass is 16.5. The van der Waals surface area contributed by atoms with E-state index in [1.807, 2.05) is 6.07 Å². The third kappa shape index (κ3) is 3.82. The molecule has 4 rings (SSSR count). The minimum absolute atomic E-state index is 0.0268. The van der Waals surface area contributed by atoms with Crippen molar-refractivity contribution in [2.45, 2.75) is 19.3 Å². The molecular formula is C20H22N5O3. The van der Waals surface area contributed by atoms with Crippen LogP contribution in [-0.4, -0.2) is 48.1 Å². The van der Waals surface area contributed by atoms with Gasteiger partial charge in [0.1, 0.15) is 0 Å². The molecule has 2 amide bonds. The highest BCUT2D eigenvalue weighted by Gasteiger charge is 2.28. The number of nitrogens with zero attached hydrogens (tertiary/aromatic N) is 3. The quantitative estimate of drug-likeness (QED) is 0.851. The van der Waals surface area contributed by atoms with Crippen LogP contribution in [0.25, 0.3) is 11.3 Å². The number of anilines is 2. The molecule has 28 heavy (non-hydrogen) atoms. The molecule has 0 aliphatic carbocycles. The number of hydrogen-bond acceptors (Lipinski definition) is 6. The minimum Gasteiger partial charge on any atom is -0.381 e. The van der Waals surface area contributed by atoms with E-state index in [0.717, 1.165) is 32.5 Å². The normalized spacial score (nSPS) is 17.1. The molecule has 0 atom stereocenters. The molecule has 0 unspecified atom stereocenters. The van der Waals surface area contributed by atoms with Crippen LogP contribution in [0.1, 0.15) is 29.6 Å². The van der Waals surface area contributed by atoms with E-state index in [2.05, 4.69) is 15.3 Å². The van der Waals surface area contributed by atoms with Crippen molar-refractivity contribution in [1.29, 1.82) is 0 Å². The summed E-state index contributed by atoms with van der Waals surface area (Å²) in [5.41, 5.74) is 8.84. The van der Waals surface area contributed by atoms with E-state index in [1.54, 1.807) is 29.3 Å². The number of amides is 2. The maximum atomic E-state index is 12.5. The van der Waals surface area contributed by atoms with E-state index in [4.69, 9.17) is 10.5 Å². The fourth-order valence-corrected chi connectivity index (χ4v) is 3.60. The summed E-state index contributed by atoms with van der Waals surface area (Å²) < 4.78 is 5.41. The van der Waals surface area contributed by atoms with Crippen molar-refractivity contribution >= 4 is 23.5 Å². The minimum atomic E-state index is -0.747. The lowest BCUT2D eigenvalue weighted by Crippen LogP contribution is -2.42. The lowest BCUT2D eigenvalue weighted by Gasteiger charge is -2.30. The second-order valence-corrected chi connectivity index (χ2v) is 7.08. The van der Waals surface area contributed by atoms with Gasteiger partial charge in [-0.25, -0.2) is 9.97 Å². The van der Waals surface area contributed by atoms with Gasteiger partial charge in [-0.15, -0.1) is 0 Å². The molecule has 1 radical (unpaired) electrons. The summed E-state index contributed by atoms with van der Waals surface area (Å²) >= 11 is 0. The van der Waals surface area contributed by atoms with Crippen LogP contribution in [0.3, 0.4) is 0 Å². The van der Waals surface area contributed by atoms with E-state index in [0.29, 0.717) is 40.9 Å². The van der Waals surface area contributed by atoms with Crippen molar-refractivity contribution in [3.05, 3.63) is 36.0 Å². The van der Waals surface area contributed by atoms with Crippen LogP contribution < -0.4 is 16.0 Å². The number of ether oxygens (including phenoxy) is 1. The SMILES string of the molecule is [NH]C(=O)c1cccc(-c2cnc3c(n2)N(CCC2CCOCC2)C(=O)CN3)c1. The van der Waals surface area contributed by atoms with Crippen LogP contribution in [0, 0.1) is 5.92 Å². The van der Waals surface area contributed by atoms with Gasteiger partial charge in [-0.05, 0) is 37.3 Å². The van der Waals surface area contributed by atoms with Crippen LogP contribution in [0.2, 0.25) is 0 Å². The van der Waals surface area contributed by atoms with Gasteiger partial charge < -0.3 is 10.1 Å². The number of rotatable bonds is 5. The first kappa shape index (κ1) is 18.4. The Hall–Kier alpha value is -3.00. The van der Waals surface area contributed by atoms with E-state index >= 15 is 0 Å². The van der Waals surface area contributed by atoms with Gasteiger partial charge in [0.15, 0.2) is 11.6 Å². The zero-order valence-corrected chi connectivity index (χ0v) is 15.5. The number of fused-ring (bicyclic) bond motifs is 1. The first-order chi connectivity index (χ1) is 13.6. The first-order valence-corrected chi connectivity index (χ1v) is 9.47. The predicted octanol–water partition coefficient (Wildman–Crippen LogP) is 2.14. The van der Waals surface area contributed by atoms with Crippen LogP contribution in [0.5, 0.6) is 0 Å². The Balaban J connectivity index is 1.60. The van der Waals surface area contributed by atoms with Gasteiger partial charge in [-0.3, -0.25) is 20.2 Å². The lowest BCUT2D eigenvalue weighted by molar-refractivity contribution is -0.117. The van der Waals surface area contributed by atoms with Crippen LogP contribution >= 0.6 is 0 Å². The molecule has 2 aliphatic heterocycles. The Morgan fingerprint density at radius 2 is 2.14 bits per heavy atom. The predicted molar refractivity (Wildman–Crippen MR) is 104 cm³/mol. The maximum Gasteiger partial charge on any atom is 0.269 e. The average Bonchev–Trinajstić information content (AvgIpc) is 2.73. The molecule has 2 aliphatic rings. The Bertz CT molecular complexity index is 895. The van der Waals surface area contributed by atoms with Gasteiger partial charge >= 0.3 is 0 Å². The van der Waals surface area contributed by atoms with Crippen molar-refractivity contribution in [1.82, 2.24) is 15.7 Å². The smallest absolute Gasteiger partial charge is 0.269 e. The summed E-state index contributed by atoms with van der Waals surface area (Å²) in [6.07, 6.45) is 4.56. The number of aromatic nitrogens is 2. The third-order valence-electron chi connectivity index (χ3n) is 5.24. The molecule has 1 saturated heterocycles. The number of carbonyl (C=O) groups is 2. The fourth-order valence-electron chi connectivity index (χ4n) is 3.60. The van der Waals surface area contributed by atoms with Crippen molar-refractivity contribution in [2.75, 3.05) is 36.5 Å². The van der Waals surface area contributed by atoms with Gasteiger partial charge in [0.05, 0.1) is 18.4 Å². The summed E-state index contributed by atoms with van der Waals surface area (Å²) in [5.74, 6) is 0.881. The monoisotopic (exact) mass is 380 g/mol. The molecule has 8 nitrogen and oxygen atoms in total. The van der Waals surface area contributed by atoms with Crippen LogP contribution in [0.15, 0.2) is 30.5 Å². The summed E-state index contributed by atoms with van der Waals surface area (Å²) in [6, 6.07) is 6.74. The number of carbonyl (C=O) groups excluding carboxylic acids is 2. The van der Waals surface area contributed by atoms with E-state index in [9.17, 15) is 9.59 Å². The summed E-state index contributed by atoms with van der Waals surface area (Å²) in [6.45, 7) is 2.37. The van der Waals surface area contributed by atoms with Gasteiger partial charge in [0.2, 0.25) is 5.91 Å². The number of hydrogen-bond donors (Lipinski definition) is 1. The first-order valence-electron chi connectivity index (χ1n) is 9.47. The molecule has 0 bridgehead atoms. The van der Waals surface area contributed by atoms with Gasteiger partial charge in [0.25, 0.3) is 5.91 Å². The Kier molecular flexibility index (Phi) is 5.21. The molecular weight excluding hydrogens is 358 g/mol. The van der Waals surface area contributed by atoms with E-state index < -0.39 is 5.91 Å². The molecule has 0 saturated carbocycles. The number of benzene rings is 1. The van der Waals surface area contributed by atoms with Crippen molar-refractivity contribution in [2.24, 2.45) is 5.92 Å². The molecule has 2 N–H and O–H groups in total. The van der Waals surface area contributed by atoms with Crippen molar-refractivity contribution < 1.29 is 14.3 Å². The van der Waals surface area contributed by atoms with Gasteiger partial charge in [0, 0.05) is 30.9 Å².